The van der Waals surface area contributed by atoms with E-state index >= 15 is 0 Å². The lowest BCUT2D eigenvalue weighted by molar-refractivity contribution is -0.116. The van der Waals surface area contributed by atoms with Crippen molar-refractivity contribution in [3.63, 3.8) is 0 Å². The Balaban J connectivity index is 1.72. The Morgan fingerprint density at radius 1 is 1.28 bits per heavy atom. The number of carbonyl (C=O) groups excluding carboxylic acids is 2. The van der Waals surface area contributed by atoms with E-state index in [-0.39, 0.29) is 18.4 Å². The van der Waals surface area contributed by atoms with Crippen LogP contribution in [0.3, 0.4) is 0 Å². The molecule has 9 heteroatoms. The van der Waals surface area contributed by atoms with Crippen LogP contribution in [-0.4, -0.2) is 33.6 Å². The lowest BCUT2D eigenvalue weighted by Crippen LogP contribution is -2.20. The molecule has 0 bridgehead atoms. The molecule has 0 saturated heterocycles. The number of thiophene rings is 1. The molecule has 7 nitrogen and oxygen atoms in total. The van der Waals surface area contributed by atoms with Crippen LogP contribution in [0.1, 0.15) is 10.4 Å². The van der Waals surface area contributed by atoms with E-state index in [9.17, 15) is 9.59 Å². The van der Waals surface area contributed by atoms with Gasteiger partial charge in [0, 0.05) is 18.3 Å². The minimum atomic E-state index is -0.233. The molecule has 0 aliphatic heterocycles. The van der Waals surface area contributed by atoms with E-state index in [4.69, 9.17) is 12.2 Å². The summed E-state index contributed by atoms with van der Waals surface area (Å²) in [5.41, 5.74) is 1.13. The van der Waals surface area contributed by atoms with E-state index in [0.29, 0.717) is 21.8 Å². The Bertz CT molecular complexity index is 942. The van der Waals surface area contributed by atoms with Crippen LogP contribution in [0, 0.1) is 4.77 Å². The van der Waals surface area contributed by atoms with Gasteiger partial charge >= 0.3 is 0 Å². The number of aromatic nitrogens is 3. The first-order valence-corrected chi connectivity index (χ1v) is 8.68. The van der Waals surface area contributed by atoms with Gasteiger partial charge in [-0.2, -0.15) is 5.10 Å². The Kier molecular flexibility index (Phi) is 5.05. The molecule has 0 radical (unpaired) electrons. The number of hydrogen-bond donors (Lipinski definition) is 3. The Morgan fingerprint density at radius 2 is 2.04 bits per heavy atom. The minimum Gasteiger partial charge on any atom is -0.355 e. The van der Waals surface area contributed by atoms with Gasteiger partial charge in [0.25, 0.3) is 5.91 Å². The van der Waals surface area contributed by atoms with Crippen molar-refractivity contribution < 1.29 is 9.59 Å². The zero-order chi connectivity index (χ0) is 17.8. The highest BCUT2D eigenvalue weighted by Gasteiger charge is 2.13. The molecule has 2 aromatic heterocycles. The molecule has 0 saturated carbocycles. The van der Waals surface area contributed by atoms with Crippen molar-refractivity contribution >= 4 is 41.1 Å². The number of nitrogens with one attached hydrogen (secondary N) is 3. The number of aromatic amines is 1. The fourth-order valence-electron chi connectivity index (χ4n) is 2.25. The van der Waals surface area contributed by atoms with Crippen molar-refractivity contribution in [1.82, 2.24) is 20.1 Å². The molecule has 0 atom stereocenters. The first kappa shape index (κ1) is 17.1. The van der Waals surface area contributed by atoms with Crippen molar-refractivity contribution in [2.45, 2.75) is 6.54 Å². The number of hydrogen-bond acceptors (Lipinski definition) is 5. The number of H-pyrrole nitrogens is 1. The van der Waals surface area contributed by atoms with E-state index in [1.807, 2.05) is 17.5 Å². The highest BCUT2D eigenvalue weighted by molar-refractivity contribution is 7.71. The third-order valence-electron chi connectivity index (χ3n) is 3.46. The predicted molar refractivity (Wildman–Crippen MR) is 99.2 cm³/mol. The number of anilines is 1. The van der Waals surface area contributed by atoms with E-state index in [1.165, 1.54) is 11.3 Å². The highest BCUT2D eigenvalue weighted by Crippen LogP contribution is 2.22. The standard InChI is InChI=1S/C16H15N5O2S2/c1-17-15(23)10-4-6-11(7-5-10)18-13(22)9-21-14(19-20-16(21)24)12-3-2-8-25-12/h2-8H,9H2,1H3,(H,17,23)(H,18,22)(H,20,24). The second-order valence-electron chi connectivity index (χ2n) is 5.12. The van der Waals surface area contributed by atoms with Gasteiger partial charge < -0.3 is 10.6 Å². The summed E-state index contributed by atoms with van der Waals surface area (Å²) in [5, 5.41) is 14.2. The Morgan fingerprint density at radius 3 is 2.68 bits per heavy atom. The molecule has 0 aliphatic rings. The summed E-state index contributed by atoms with van der Waals surface area (Å²) in [4.78, 5) is 24.8. The second kappa shape index (κ2) is 7.41. The third kappa shape index (κ3) is 3.83. The van der Waals surface area contributed by atoms with E-state index in [1.54, 1.807) is 35.9 Å². The highest BCUT2D eigenvalue weighted by atomic mass is 32.1. The molecule has 25 heavy (non-hydrogen) atoms. The van der Waals surface area contributed by atoms with Crippen molar-refractivity contribution in [3.8, 4) is 10.7 Å². The topological polar surface area (TPSA) is 91.8 Å². The fourth-order valence-corrected chi connectivity index (χ4v) is 3.17. The first-order chi connectivity index (χ1) is 12.1. The van der Waals surface area contributed by atoms with Gasteiger partial charge in [-0.3, -0.25) is 19.3 Å². The summed E-state index contributed by atoms with van der Waals surface area (Å²) in [6.07, 6.45) is 0. The van der Waals surface area contributed by atoms with Gasteiger partial charge in [0.05, 0.1) is 4.88 Å². The van der Waals surface area contributed by atoms with Crippen LogP contribution in [-0.2, 0) is 11.3 Å². The Hall–Kier alpha value is -2.78. The predicted octanol–water partition coefficient (Wildman–Crippen LogP) is 2.67. The van der Waals surface area contributed by atoms with Crippen LogP contribution in [0.2, 0.25) is 0 Å². The van der Waals surface area contributed by atoms with Gasteiger partial charge in [0.15, 0.2) is 10.6 Å². The molecule has 2 heterocycles. The molecule has 3 rings (SSSR count). The first-order valence-electron chi connectivity index (χ1n) is 7.39. The van der Waals surface area contributed by atoms with Crippen LogP contribution >= 0.6 is 23.6 Å². The zero-order valence-corrected chi connectivity index (χ0v) is 14.9. The molecule has 0 aliphatic carbocycles. The summed E-state index contributed by atoms with van der Waals surface area (Å²) in [6, 6.07) is 10.5. The second-order valence-corrected chi connectivity index (χ2v) is 6.45. The summed E-state index contributed by atoms with van der Waals surface area (Å²) >= 11 is 6.74. The van der Waals surface area contributed by atoms with Crippen LogP contribution in [0.25, 0.3) is 10.7 Å². The van der Waals surface area contributed by atoms with E-state index in [2.05, 4.69) is 20.8 Å². The van der Waals surface area contributed by atoms with Crippen LogP contribution in [0.15, 0.2) is 41.8 Å². The van der Waals surface area contributed by atoms with Gasteiger partial charge in [-0.25, -0.2) is 0 Å². The summed E-state index contributed by atoms with van der Waals surface area (Å²) in [7, 11) is 1.57. The van der Waals surface area contributed by atoms with Gasteiger partial charge in [0.1, 0.15) is 6.54 Å². The largest absolute Gasteiger partial charge is 0.355 e. The van der Waals surface area contributed by atoms with Gasteiger partial charge in [0.2, 0.25) is 5.91 Å². The average Bonchev–Trinajstić information content (AvgIpc) is 3.25. The molecule has 3 aromatic rings. The monoisotopic (exact) mass is 373 g/mol. The fraction of sp³-hybridized carbons (Fsp3) is 0.125. The summed E-state index contributed by atoms with van der Waals surface area (Å²) < 4.78 is 2.03. The number of rotatable bonds is 5. The van der Waals surface area contributed by atoms with Crippen molar-refractivity contribution in [2.24, 2.45) is 0 Å². The average molecular weight is 373 g/mol. The SMILES string of the molecule is CNC(=O)c1ccc(NC(=O)Cn2c(-c3cccs3)n[nH]c2=S)cc1. The Labute approximate surface area is 152 Å². The molecule has 1 aromatic carbocycles. The third-order valence-corrected chi connectivity index (χ3v) is 4.64. The number of carbonyl (C=O) groups is 2. The number of amides is 2. The molecular formula is C16H15N5O2S2. The van der Waals surface area contributed by atoms with Gasteiger partial charge in [-0.1, -0.05) is 6.07 Å². The zero-order valence-electron chi connectivity index (χ0n) is 13.3. The maximum absolute atomic E-state index is 12.3. The van der Waals surface area contributed by atoms with Crippen molar-refractivity contribution in [1.29, 1.82) is 0 Å². The summed E-state index contributed by atoms with van der Waals surface area (Å²) in [6.45, 7) is 0.0414. The van der Waals surface area contributed by atoms with Crippen LogP contribution < -0.4 is 10.6 Å². The maximum Gasteiger partial charge on any atom is 0.251 e. The lowest BCUT2D eigenvalue weighted by atomic mass is 10.2. The molecule has 0 spiro atoms. The van der Waals surface area contributed by atoms with E-state index < -0.39 is 0 Å². The maximum atomic E-state index is 12.3. The summed E-state index contributed by atoms with van der Waals surface area (Å²) in [5.74, 6) is 0.219. The number of nitrogens with zero attached hydrogens (tertiary/aromatic N) is 2. The van der Waals surface area contributed by atoms with E-state index in [0.717, 1.165) is 4.88 Å². The molecule has 128 valence electrons. The normalized spacial score (nSPS) is 10.4. The van der Waals surface area contributed by atoms with Gasteiger partial charge in [-0.05, 0) is 47.9 Å². The quantitative estimate of drug-likeness (QED) is 0.600. The molecule has 0 fully saturated rings. The van der Waals surface area contributed by atoms with Crippen molar-refractivity contribution in [3.05, 3.63) is 52.1 Å². The minimum absolute atomic E-state index is 0.0414. The molecule has 2 amide bonds. The number of benzene rings is 1. The molecule has 3 N–H and O–H groups in total. The van der Waals surface area contributed by atoms with Gasteiger partial charge in [-0.15, -0.1) is 11.3 Å². The smallest absolute Gasteiger partial charge is 0.251 e. The van der Waals surface area contributed by atoms with Crippen LogP contribution in [0.5, 0.6) is 0 Å². The molecular weight excluding hydrogens is 358 g/mol. The van der Waals surface area contributed by atoms with Crippen LogP contribution in [0.4, 0.5) is 5.69 Å². The molecule has 0 unspecified atom stereocenters. The van der Waals surface area contributed by atoms with Crippen molar-refractivity contribution in [2.75, 3.05) is 12.4 Å². The lowest BCUT2D eigenvalue weighted by Gasteiger charge is -2.08.